The minimum atomic E-state index is -3.26. The number of nitrogens with one attached hydrogen (secondary N) is 1. The largest absolute Gasteiger partial charge is 0.342 e. The monoisotopic (exact) mass is 346 g/mol. The van der Waals surface area contributed by atoms with Crippen molar-refractivity contribution in [3.05, 3.63) is 35.4 Å². The Morgan fingerprint density at radius 2 is 2.13 bits per heavy atom. The van der Waals surface area contributed by atoms with Crippen LogP contribution in [0.5, 0.6) is 0 Å². The van der Waals surface area contributed by atoms with Crippen molar-refractivity contribution in [2.45, 2.75) is 19.3 Å². The molecule has 0 unspecified atom stereocenters. The van der Waals surface area contributed by atoms with E-state index >= 15 is 0 Å². The average Bonchev–Trinajstić information content (AvgIpc) is 2.48. The van der Waals surface area contributed by atoms with Crippen molar-refractivity contribution in [1.29, 1.82) is 0 Å². The van der Waals surface area contributed by atoms with Gasteiger partial charge in [0.1, 0.15) is 11.6 Å². The van der Waals surface area contributed by atoms with Crippen LogP contribution in [-0.4, -0.2) is 45.1 Å². The predicted octanol–water partition coefficient (Wildman–Crippen LogP) is 1.30. The fourth-order valence-electron chi connectivity index (χ4n) is 2.68. The van der Waals surface area contributed by atoms with Gasteiger partial charge >= 0.3 is 0 Å². The summed E-state index contributed by atoms with van der Waals surface area (Å²) in [5.74, 6) is -1.44. The van der Waals surface area contributed by atoms with E-state index in [0.717, 1.165) is 37.3 Å². The number of rotatable bonds is 5. The quantitative estimate of drug-likeness (QED) is 0.874. The first-order valence-electron chi connectivity index (χ1n) is 7.41. The highest BCUT2D eigenvalue weighted by molar-refractivity contribution is 7.88. The minimum Gasteiger partial charge on any atom is -0.342 e. The second kappa shape index (κ2) is 7.35. The van der Waals surface area contributed by atoms with Gasteiger partial charge in [0, 0.05) is 25.2 Å². The maximum atomic E-state index is 13.6. The Hall–Kier alpha value is -1.54. The number of nitrogens with zero attached hydrogens (tertiary/aromatic N) is 1. The summed E-state index contributed by atoms with van der Waals surface area (Å²) in [6.07, 6.45) is 2.47. The van der Waals surface area contributed by atoms with E-state index in [4.69, 9.17) is 0 Å². The van der Waals surface area contributed by atoms with Gasteiger partial charge in [0.15, 0.2) is 0 Å². The van der Waals surface area contributed by atoms with Crippen LogP contribution in [0.2, 0.25) is 0 Å². The van der Waals surface area contributed by atoms with E-state index in [-0.39, 0.29) is 30.4 Å². The van der Waals surface area contributed by atoms with Gasteiger partial charge in [-0.05, 0) is 37.0 Å². The Labute approximate surface area is 134 Å². The van der Waals surface area contributed by atoms with Crippen LogP contribution >= 0.6 is 0 Å². The molecule has 1 heterocycles. The number of amides is 1. The van der Waals surface area contributed by atoms with Crippen molar-refractivity contribution in [1.82, 2.24) is 9.62 Å². The molecule has 1 fully saturated rings. The van der Waals surface area contributed by atoms with Gasteiger partial charge in [0.2, 0.25) is 15.9 Å². The van der Waals surface area contributed by atoms with Crippen LogP contribution in [0.15, 0.2) is 18.2 Å². The second-order valence-electron chi connectivity index (χ2n) is 5.88. The summed E-state index contributed by atoms with van der Waals surface area (Å²) < 4.78 is 51.5. The lowest BCUT2D eigenvalue weighted by atomic mass is 9.97. The van der Waals surface area contributed by atoms with Crippen LogP contribution in [0.25, 0.3) is 0 Å². The highest BCUT2D eigenvalue weighted by Gasteiger charge is 2.25. The average molecular weight is 346 g/mol. The Kier molecular flexibility index (Phi) is 5.69. The maximum Gasteiger partial charge on any atom is 0.227 e. The van der Waals surface area contributed by atoms with Gasteiger partial charge in [-0.2, -0.15) is 0 Å². The van der Waals surface area contributed by atoms with Crippen molar-refractivity contribution in [2.24, 2.45) is 5.92 Å². The molecule has 1 aromatic carbocycles. The third-order valence-corrected chi connectivity index (χ3v) is 4.55. The molecule has 0 saturated carbocycles. The van der Waals surface area contributed by atoms with E-state index in [1.807, 2.05) is 0 Å². The van der Waals surface area contributed by atoms with Crippen LogP contribution in [0.1, 0.15) is 18.4 Å². The Balaban J connectivity index is 1.95. The van der Waals surface area contributed by atoms with Crippen molar-refractivity contribution in [3.63, 3.8) is 0 Å². The first kappa shape index (κ1) is 17.8. The lowest BCUT2D eigenvalue weighted by Crippen LogP contribution is -2.44. The third-order valence-electron chi connectivity index (χ3n) is 3.86. The lowest BCUT2D eigenvalue weighted by Gasteiger charge is -2.33. The molecular formula is C15H20F2N2O3S. The van der Waals surface area contributed by atoms with Crippen LogP contribution in [0.3, 0.4) is 0 Å². The highest BCUT2D eigenvalue weighted by atomic mass is 32.2. The van der Waals surface area contributed by atoms with Gasteiger partial charge in [-0.1, -0.05) is 0 Å². The molecule has 1 aliphatic heterocycles. The van der Waals surface area contributed by atoms with Crippen molar-refractivity contribution in [2.75, 3.05) is 25.9 Å². The molecule has 0 radical (unpaired) electrons. The molecule has 1 aliphatic rings. The molecule has 0 aliphatic carbocycles. The molecule has 2 rings (SSSR count). The number of likely N-dealkylation sites (tertiary alicyclic amines) is 1. The van der Waals surface area contributed by atoms with Gasteiger partial charge < -0.3 is 4.90 Å². The summed E-state index contributed by atoms with van der Waals surface area (Å²) in [5.41, 5.74) is 0.0337. The predicted molar refractivity (Wildman–Crippen MR) is 82.2 cm³/mol. The molecule has 1 amide bonds. The zero-order valence-electron chi connectivity index (χ0n) is 12.9. The number of carbonyl (C=O) groups is 1. The zero-order valence-corrected chi connectivity index (χ0v) is 13.7. The fraction of sp³-hybridized carbons (Fsp3) is 0.533. The lowest BCUT2D eigenvalue weighted by molar-refractivity contribution is -0.132. The number of hydrogen-bond donors (Lipinski definition) is 1. The van der Waals surface area contributed by atoms with Gasteiger partial charge in [-0.25, -0.2) is 21.9 Å². The number of sulfonamides is 1. The fourth-order valence-corrected chi connectivity index (χ4v) is 3.22. The molecule has 1 saturated heterocycles. The zero-order chi connectivity index (χ0) is 17.0. The van der Waals surface area contributed by atoms with E-state index in [9.17, 15) is 22.0 Å². The first-order valence-corrected chi connectivity index (χ1v) is 9.30. The first-order chi connectivity index (χ1) is 10.7. The van der Waals surface area contributed by atoms with Gasteiger partial charge in [-0.3, -0.25) is 4.79 Å². The highest BCUT2D eigenvalue weighted by Crippen LogP contribution is 2.18. The molecule has 0 bridgehead atoms. The van der Waals surface area contributed by atoms with Crippen molar-refractivity contribution < 1.29 is 22.0 Å². The molecule has 1 N–H and O–H groups in total. The molecule has 0 spiro atoms. The minimum absolute atomic E-state index is 0.0276. The Bertz CT molecular complexity index is 679. The standard InChI is InChI=1S/C15H20F2N2O3S/c1-23(21,22)18-9-11-3-2-6-19(10-11)15(20)8-12-7-13(16)4-5-14(12)17/h4-5,7,11,18H,2-3,6,8-10H2,1H3/t11-/m1/s1. The molecule has 1 atom stereocenters. The summed E-state index contributed by atoms with van der Waals surface area (Å²) in [6.45, 7) is 1.24. The molecule has 1 aromatic rings. The Morgan fingerprint density at radius 1 is 1.39 bits per heavy atom. The molecule has 128 valence electrons. The number of carbonyl (C=O) groups excluding carboxylic acids is 1. The van der Waals surface area contributed by atoms with Crippen molar-refractivity contribution >= 4 is 15.9 Å². The van der Waals surface area contributed by atoms with Crippen LogP contribution in [0, 0.1) is 17.6 Å². The van der Waals surface area contributed by atoms with Crippen LogP contribution in [-0.2, 0) is 21.2 Å². The molecule has 0 aromatic heterocycles. The molecule has 5 nitrogen and oxygen atoms in total. The van der Waals surface area contributed by atoms with E-state index < -0.39 is 21.7 Å². The molecular weight excluding hydrogens is 326 g/mol. The van der Waals surface area contributed by atoms with E-state index in [0.29, 0.717) is 13.1 Å². The van der Waals surface area contributed by atoms with Gasteiger partial charge in [0.25, 0.3) is 0 Å². The van der Waals surface area contributed by atoms with E-state index in [1.165, 1.54) is 0 Å². The van der Waals surface area contributed by atoms with Crippen LogP contribution in [0.4, 0.5) is 8.78 Å². The summed E-state index contributed by atoms with van der Waals surface area (Å²) in [7, 11) is -3.26. The Morgan fingerprint density at radius 3 is 2.83 bits per heavy atom. The second-order valence-corrected chi connectivity index (χ2v) is 7.71. The molecule has 8 heteroatoms. The van der Waals surface area contributed by atoms with E-state index in [2.05, 4.69) is 4.72 Å². The topological polar surface area (TPSA) is 66.5 Å². The summed E-state index contributed by atoms with van der Waals surface area (Å²) >= 11 is 0. The maximum absolute atomic E-state index is 13.6. The van der Waals surface area contributed by atoms with Crippen molar-refractivity contribution in [3.8, 4) is 0 Å². The van der Waals surface area contributed by atoms with E-state index in [1.54, 1.807) is 4.90 Å². The van der Waals surface area contributed by atoms with Gasteiger partial charge in [0.05, 0.1) is 12.7 Å². The SMILES string of the molecule is CS(=O)(=O)NC[C@H]1CCCN(C(=O)Cc2cc(F)ccc2F)C1. The number of piperidine rings is 1. The number of benzene rings is 1. The third kappa shape index (κ3) is 5.54. The number of halogens is 2. The normalized spacial score (nSPS) is 18.9. The summed E-state index contributed by atoms with van der Waals surface area (Å²) in [5, 5.41) is 0. The van der Waals surface area contributed by atoms with Crippen LogP contribution < -0.4 is 4.72 Å². The number of hydrogen-bond acceptors (Lipinski definition) is 3. The molecule has 23 heavy (non-hydrogen) atoms. The van der Waals surface area contributed by atoms with Gasteiger partial charge in [-0.15, -0.1) is 0 Å². The summed E-state index contributed by atoms with van der Waals surface area (Å²) in [6, 6.07) is 3.05. The smallest absolute Gasteiger partial charge is 0.227 e. The summed E-state index contributed by atoms with van der Waals surface area (Å²) in [4.78, 5) is 13.9.